The number of carbonyl (C=O) groups is 1. The van der Waals surface area contributed by atoms with Crippen LogP contribution in [0.1, 0.15) is 20.3 Å². The first-order valence-electron chi connectivity index (χ1n) is 3.78. The Hall–Kier alpha value is -1.03. The van der Waals surface area contributed by atoms with Crippen molar-refractivity contribution in [1.29, 1.82) is 0 Å². The van der Waals surface area contributed by atoms with Gasteiger partial charge in [0.2, 0.25) is 0 Å². The minimum atomic E-state index is -0.201. The average molecular weight is 148 g/mol. The number of hydrogen-bond acceptors (Lipinski definition) is 1. The predicted molar refractivity (Wildman–Crippen MR) is 44.9 cm³/mol. The van der Waals surface area contributed by atoms with E-state index < -0.39 is 0 Å². The van der Waals surface area contributed by atoms with Gasteiger partial charge in [-0.1, -0.05) is 18.9 Å². The van der Waals surface area contributed by atoms with E-state index in [0.717, 1.165) is 6.42 Å². The van der Waals surface area contributed by atoms with Gasteiger partial charge in [-0.05, 0) is 19.4 Å². The van der Waals surface area contributed by atoms with E-state index in [2.05, 4.69) is 5.92 Å². The Labute approximate surface area is 67.5 Å². The van der Waals surface area contributed by atoms with E-state index in [0.29, 0.717) is 0 Å². The van der Waals surface area contributed by atoms with E-state index in [1.54, 1.807) is 6.08 Å². The summed E-state index contributed by atoms with van der Waals surface area (Å²) in [6, 6.07) is 0. The minimum Gasteiger partial charge on any atom is -0.295 e. The third kappa shape index (κ3) is 1.51. The van der Waals surface area contributed by atoms with Crippen molar-refractivity contribution in [3.05, 3.63) is 12.2 Å². The van der Waals surface area contributed by atoms with Gasteiger partial charge in [-0.25, -0.2) is 0 Å². The van der Waals surface area contributed by atoms with Crippen LogP contribution in [0, 0.1) is 23.7 Å². The first-order valence-corrected chi connectivity index (χ1v) is 3.78. The molecule has 0 aliphatic heterocycles. The highest BCUT2D eigenvalue weighted by atomic mass is 16.1. The van der Waals surface area contributed by atoms with E-state index >= 15 is 0 Å². The lowest BCUT2D eigenvalue weighted by Crippen LogP contribution is -2.24. The topological polar surface area (TPSA) is 17.1 Å². The summed E-state index contributed by atoms with van der Waals surface area (Å²) in [5, 5.41) is 0. The Morgan fingerprint density at radius 2 is 2.45 bits per heavy atom. The van der Waals surface area contributed by atoms with Crippen molar-refractivity contribution in [3.63, 3.8) is 0 Å². The van der Waals surface area contributed by atoms with Crippen LogP contribution in [0.15, 0.2) is 12.2 Å². The molecule has 1 heteroatoms. The van der Waals surface area contributed by atoms with Crippen LogP contribution in [-0.4, -0.2) is 5.78 Å². The summed E-state index contributed by atoms with van der Waals surface area (Å²) >= 11 is 0. The number of ketones is 1. The Morgan fingerprint density at radius 3 is 2.91 bits per heavy atom. The normalized spacial score (nSPS) is 36.8. The summed E-state index contributed by atoms with van der Waals surface area (Å²) in [6.45, 7) is 3.90. The highest BCUT2D eigenvalue weighted by molar-refractivity contribution is 5.92. The zero-order valence-electron chi connectivity index (χ0n) is 6.92. The smallest absolute Gasteiger partial charge is 0.158 e. The maximum atomic E-state index is 11.0. The SMILES string of the molecule is C#CC1(C)C=CC(=O)C(C)C1. The maximum Gasteiger partial charge on any atom is 0.158 e. The summed E-state index contributed by atoms with van der Waals surface area (Å²) in [4.78, 5) is 11.0. The molecule has 0 saturated carbocycles. The van der Waals surface area contributed by atoms with Crippen LogP contribution in [0.3, 0.4) is 0 Å². The molecule has 1 aliphatic carbocycles. The van der Waals surface area contributed by atoms with E-state index in [1.807, 2.05) is 19.9 Å². The van der Waals surface area contributed by atoms with Gasteiger partial charge in [0.05, 0.1) is 0 Å². The molecule has 0 fully saturated rings. The zero-order chi connectivity index (χ0) is 8.48. The maximum absolute atomic E-state index is 11.0. The molecule has 0 N–H and O–H groups in total. The van der Waals surface area contributed by atoms with Gasteiger partial charge >= 0.3 is 0 Å². The van der Waals surface area contributed by atoms with Crippen molar-refractivity contribution < 1.29 is 4.79 Å². The molecule has 1 aliphatic rings. The molecule has 0 bridgehead atoms. The van der Waals surface area contributed by atoms with E-state index in [4.69, 9.17) is 6.42 Å². The first-order chi connectivity index (χ1) is 5.07. The van der Waals surface area contributed by atoms with Gasteiger partial charge in [-0.2, -0.15) is 0 Å². The molecule has 0 spiro atoms. The van der Waals surface area contributed by atoms with Crippen LogP contribution in [0.2, 0.25) is 0 Å². The predicted octanol–water partition coefficient (Wildman–Crippen LogP) is 1.79. The Morgan fingerprint density at radius 1 is 1.82 bits per heavy atom. The summed E-state index contributed by atoms with van der Waals surface area (Å²) in [5.74, 6) is 2.97. The molecule has 2 unspecified atom stereocenters. The fraction of sp³-hybridized carbons (Fsp3) is 0.500. The Kier molecular flexibility index (Phi) is 1.87. The van der Waals surface area contributed by atoms with E-state index in [9.17, 15) is 4.79 Å². The molecule has 0 radical (unpaired) electrons. The summed E-state index contributed by atoms with van der Waals surface area (Å²) < 4.78 is 0. The van der Waals surface area contributed by atoms with Gasteiger partial charge in [0.25, 0.3) is 0 Å². The number of allylic oxidation sites excluding steroid dienone is 2. The summed E-state index contributed by atoms with van der Waals surface area (Å²) in [7, 11) is 0. The molecule has 1 rings (SSSR count). The number of hydrogen-bond donors (Lipinski definition) is 0. The molecule has 0 aromatic heterocycles. The Balaban J connectivity index is 2.89. The number of rotatable bonds is 0. The number of terminal acetylenes is 1. The monoisotopic (exact) mass is 148 g/mol. The van der Waals surface area contributed by atoms with Crippen LogP contribution < -0.4 is 0 Å². The van der Waals surface area contributed by atoms with Gasteiger partial charge < -0.3 is 0 Å². The number of carbonyl (C=O) groups excluding carboxylic acids is 1. The fourth-order valence-corrected chi connectivity index (χ4v) is 1.34. The molecule has 0 aromatic rings. The first kappa shape index (κ1) is 8.07. The lowest BCUT2D eigenvalue weighted by Gasteiger charge is -2.26. The van der Waals surface area contributed by atoms with Gasteiger partial charge in [0.15, 0.2) is 5.78 Å². The summed E-state index contributed by atoms with van der Waals surface area (Å²) in [6.07, 6.45) is 9.54. The van der Waals surface area contributed by atoms with Crippen molar-refractivity contribution in [2.75, 3.05) is 0 Å². The third-order valence-electron chi connectivity index (χ3n) is 2.16. The van der Waals surface area contributed by atoms with Crippen molar-refractivity contribution in [2.45, 2.75) is 20.3 Å². The second-order valence-electron chi connectivity index (χ2n) is 3.40. The quantitative estimate of drug-likeness (QED) is 0.479. The third-order valence-corrected chi connectivity index (χ3v) is 2.16. The highest BCUT2D eigenvalue weighted by Gasteiger charge is 2.28. The highest BCUT2D eigenvalue weighted by Crippen LogP contribution is 2.31. The van der Waals surface area contributed by atoms with Gasteiger partial charge in [-0.15, -0.1) is 6.42 Å². The fourth-order valence-electron chi connectivity index (χ4n) is 1.34. The Bertz CT molecular complexity index is 244. The molecule has 0 heterocycles. The molecular weight excluding hydrogens is 136 g/mol. The van der Waals surface area contributed by atoms with Gasteiger partial charge in [-0.3, -0.25) is 4.79 Å². The summed E-state index contributed by atoms with van der Waals surface area (Å²) in [5.41, 5.74) is -0.201. The van der Waals surface area contributed by atoms with Crippen LogP contribution in [0.25, 0.3) is 0 Å². The molecule has 0 saturated heterocycles. The molecule has 0 amide bonds. The minimum absolute atomic E-state index is 0.0843. The van der Waals surface area contributed by atoms with Crippen LogP contribution >= 0.6 is 0 Å². The lowest BCUT2D eigenvalue weighted by molar-refractivity contribution is -0.118. The van der Waals surface area contributed by atoms with Crippen molar-refractivity contribution >= 4 is 5.78 Å². The largest absolute Gasteiger partial charge is 0.295 e. The second-order valence-corrected chi connectivity index (χ2v) is 3.40. The molecular formula is C10H12O. The molecule has 58 valence electrons. The van der Waals surface area contributed by atoms with Crippen molar-refractivity contribution in [1.82, 2.24) is 0 Å². The second kappa shape index (κ2) is 2.54. The van der Waals surface area contributed by atoms with Gasteiger partial charge in [0, 0.05) is 11.3 Å². The standard InChI is InChI=1S/C10H12O/c1-4-10(3)6-5-9(11)8(2)7-10/h1,5-6,8H,7H2,2-3H3. The average Bonchev–Trinajstić information content (AvgIpc) is 1.98. The van der Waals surface area contributed by atoms with Crippen molar-refractivity contribution in [2.24, 2.45) is 11.3 Å². The molecule has 0 aromatic carbocycles. The zero-order valence-corrected chi connectivity index (χ0v) is 6.92. The van der Waals surface area contributed by atoms with E-state index in [-0.39, 0.29) is 17.1 Å². The molecule has 1 nitrogen and oxygen atoms in total. The molecule has 2 atom stereocenters. The lowest BCUT2D eigenvalue weighted by atomic mass is 9.76. The van der Waals surface area contributed by atoms with Crippen molar-refractivity contribution in [3.8, 4) is 12.3 Å². The van der Waals surface area contributed by atoms with Gasteiger partial charge in [0.1, 0.15) is 0 Å². The molecule has 11 heavy (non-hydrogen) atoms. The van der Waals surface area contributed by atoms with Crippen LogP contribution in [0.5, 0.6) is 0 Å². The van der Waals surface area contributed by atoms with E-state index in [1.165, 1.54) is 0 Å². The van der Waals surface area contributed by atoms with Crippen LogP contribution in [0.4, 0.5) is 0 Å². The van der Waals surface area contributed by atoms with Crippen LogP contribution in [-0.2, 0) is 4.79 Å².